The average Bonchev–Trinajstić information content (AvgIpc) is 3.06. The number of sulfonamides is 1. The SMILES string of the molecule is COc1cccc2[nH]nc(NS(=O)(=O)c3ccc(Cl)s3)c12. The lowest BCUT2D eigenvalue weighted by atomic mass is 10.2. The second kappa shape index (κ2) is 5.21. The van der Waals surface area contributed by atoms with Crippen LogP contribution in [0.5, 0.6) is 5.75 Å². The minimum Gasteiger partial charge on any atom is -0.496 e. The fraction of sp³-hybridized carbons (Fsp3) is 0.0833. The van der Waals surface area contributed by atoms with Gasteiger partial charge in [-0.05, 0) is 24.3 Å². The first-order valence-corrected chi connectivity index (χ1v) is 8.48. The molecule has 9 heteroatoms. The predicted molar refractivity (Wildman–Crippen MR) is 82.8 cm³/mol. The minimum atomic E-state index is -3.73. The zero-order chi connectivity index (χ0) is 15.0. The van der Waals surface area contributed by atoms with Gasteiger partial charge in [0.1, 0.15) is 9.96 Å². The van der Waals surface area contributed by atoms with E-state index in [0.717, 1.165) is 11.3 Å². The lowest BCUT2D eigenvalue weighted by Crippen LogP contribution is -2.12. The van der Waals surface area contributed by atoms with Crippen LogP contribution in [0.15, 0.2) is 34.5 Å². The number of nitrogens with one attached hydrogen (secondary N) is 2. The van der Waals surface area contributed by atoms with Crippen LogP contribution in [0.2, 0.25) is 4.34 Å². The Morgan fingerprint density at radius 1 is 1.33 bits per heavy atom. The quantitative estimate of drug-likeness (QED) is 0.762. The van der Waals surface area contributed by atoms with Crippen LogP contribution in [0.25, 0.3) is 10.9 Å². The van der Waals surface area contributed by atoms with Gasteiger partial charge in [-0.2, -0.15) is 5.10 Å². The summed E-state index contributed by atoms with van der Waals surface area (Å²) < 4.78 is 32.8. The van der Waals surface area contributed by atoms with Crippen LogP contribution >= 0.6 is 22.9 Å². The van der Waals surface area contributed by atoms with Crippen molar-refractivity contribution in [3.05, 3.63) is 34.7 Å². The van der Waals surface area contributed by atoms with Gasteiger partial charge >= 0.3 is 0 Å². The smallest absolute Gasteiger partial charge is 0.272 e. The molecule has 2 aromatic heterocycles. The molecule has 0 bridgehead atoms. The number of aromatic amines is 1. The normalized spacial score (nSPS) is 11.7. The number of benzene rings is 1. The number of H-pyrrole nitrogens is 1. The molecule has 0 saturated heterocycles. The zero-order valence-electron chi connectivity index (χ0n) is 10.8. The second-order valence-electron chi connectivity index (χ2n) is 4.12. The number of hydrogen-bond donors (Lipinski definition) is 2. The fourth-order valence-corrected chi connectivity index (χ4v) is 4.40. The number of ether oxygens (including phenoxy) is 1. The number of aromatic nitrogens is 2. The molecule has 0 atom stereocenters. The van der Waals surface area contributed by atoms with E-state index in [0.29, 0.717) is 21.0 Å². The van der Waals surface area contributed by atoms with Crippen LogP contribution in [0.1, 0.15) is 0 Å². The molecule has 1 aromatic carbocycles. The van der Waals surface area contributed by atoms with Gasteiger partial charge in [0.15, 0.2) is 5.82 Å². The van der Waals surface area contributed by atoms with E-state index in [1.807, 2.05) is 0 Å². The Kier molecular flexibility index (Phi) is 3.52. The summed E-state index contributed by atoms with van der Waals surface area (Å²) in [4.78, 5) is 0. The molecule has 3 rings (SSSR count). The molecule has 0 aliphatic heterocycles. The van der Waals surface area contributed by atoms with Gasteiger partial charge in [0.2, 0.25) is 0 Å². The molecule has 0 unspecified atom stereocenters. The Labute approximate surface area is 129 Å². The third-order valence-corrected chi connectivity index (χ3v) is 5.88. The molecule has 6 nitrogen and oxygen atoms in total. The molecule has 0 spiro atoms. The maximum atomic E-state index is 12.3. The number of anilines is 1. The van der Waals surface area contributed by atoms with Crippen molar-refractivity contribution < 1.29 is 13.2 Å². The van der Waals surface area contributed by atoms with E-state index < -0.39 is 10.0 Å². The summed E-state index contributed by atoms with van der Waals surface area (Å²) in [7, 11) is -2.22. The van der Waals surface area contributed by atoms with Crippen molar-refractivity contribution in [3.63, 3.8) is 0 Å². The number of thiophene rings is 1. The van der Waals surface area contributed by atoms with Gasteiger partial charge in [-0.1, -0.05) is 17.7 Å². The Balaban J connectivity index is 2.06. The highest BCUT2D eigenvalue weighted by Gasteiger charge is 2.20. The Morgan fingerprint density at radius 3 is 2.81 bits per heavy atom. The van der Waals surface area contributed by atoms with Crippen molar-refractivity contribution in [1.82, 2.24) is 10.2 Å². The summed E-state index contributed by atoms with van der Waals surface area (Å²) in [6, 6.07) is 8.28. The molecule has 0 radical (unpaired) electrons. The Bertz CT molecular complexity index is 902. The summed E-state index contributed by atoms with van der Waals surface area (Å²) >= 11 is 6.75. The van der Waals surface area contributed by atoms with Gasteiger partial charge < -0.3 is 4.74 Å². The molecule has 0 saturated carbocycles. The van der Waals surface area contributed by atoms with Crippen molar-refractivity contribution in [2.24, 2.45) is 0 Å². The van der Waals surface area contributed by atoms with E-state index in [1.54, 1.807) is 18.2 Å². The number of rotatable bonds is 4. The van der Waals surface area contributed by atoms with Crippen LogP contribution in [-0.2, 0) is 10.0 Å². The first-order valence-electron chi connectivity index (χ1n) is 5.80. The van der Waals surface area contributed by atoms with E-state index in [4.69, 9.17) is 16.3 Å². The van der Waals surface area contributed by atoms with Crippen LogP contribution < -0.4 is 9.46 Å². The molecule has 21 heavy (non-hydrogen) atoms. The van der Waals surface area contributed by atoms with Crippen LogP contribution in [0, 0.1) is 0 Å². The third kappa shape index (κ3) is 2.57. The van der Waals surface area contributed by atoms with Crippen LogP contribution in [-0.4, -0.2) is 25.7 Å². The zero-order valence-corrected chi connectivity index (χ0v) is 13.1. The number of fused-ring (bicyclic) bond motifs is 1. The highest BCUT2D eigenvalue weighted by Crippen LogP contribution is 2.33. The van der Waals surface area contributed by atoms with Crippen LogP contribution in [0.3, 0.4) is 0 Å². The van der Waals surface area contributed by atoms with Gasteiger partial charge in [-0.25, -0.2) is 8.42 Å². The first-order chi connectivity index (χ1) is 10.0. The van der Waals surface area contributed by atoms with Gasteiger partial charge in [-0.15, -0.1) is 11.3 Å². The lowest BCUT2D eigenvalue weighted by molar-refractivity contribution is 0.420. The van der Waals surface area contributed by atoms with Gasteiger partial charge in [-0.3, -0.25) is 9.82 Å². The lowest BCUT2D eigenvalue weighted by Gasteiger charge is -2.05. The van der Waals surface area contributed by atoms with E-state index in [1.165, 1.54) is 19.2 Å². The maximum Gasteiger partial charge on any atom is 0.272 e. The topological polar surface area (TPSA) is 84.1 Å². The Morgan fingerprint density at radius 2 is 2.14 bits per heavy atom. The molecule has 0 aliphatic rings. The monoisotopic (exact) mass is 343 g/mol. The van der Waals surface area contributed by atoms with Crippen molar-refractivity contribution >= 4 is 49.7 Å². The third-order valence-electron chi connectivity index (χ3n) is 2.82. The van der Waals surface area contributed by atoms with Gasteiger partial charge in [0, 0.05) is 0 Å². The highest BCUT2D eigenvalue weighted by molar-refractivity contribution is 7.94. The van der Waals surface area contributed by atoms with Gasteiger partial charge in [0.25, 0.3) is 10.0 Å². The first kappa shape index (κ1) is 14.2. The number of methoxy groups -OCH3 is 1. The summed E-state index contributed by atoms with van der Waals surface area (Å²) in [5.74, 6) is 0.718. The van der Waals surface area contributed by atoms with Crippen molar-refractivity contribution in [2.45, 2.75) is 4.21 Å². The van der Waals surface area contributed by atoms with E-state index in [2.05, 4.69) is 14.9 Å². The van der Waals surface area contributed by atoms with Crippen molar-refractivity contribution in [3.8, 4) is 5.75 Å². The van der Waals surface area contributed by atoms with E-state index in [-0.39, 0.29) is 10.0 Å². The molecule has 3 aromatic rings. The fourth-order valence-electron chi connectivity index (χ4n) is 1.90. The van der Waals surface area contributed by atoms with Crippen molar-refractivity contribution in [1.29, 1.82) is 0 Å². The summed E-state index contributed by atoms with van der Waals surface area (Å²) in [6.45, 7) is 0. The minimum absolute atomic E-state index is 0.124. The summed E-state index contributed by atoms with van der Waals surface area (Å²) in [5.41, 5.74) is 0.677. The Hall–Kier alpha value is -1.77. The molecule has 110 valence electrons. The largest absolute Gasteiger partial charge is 0.496 e. The molecular weight excluding hydrogens is 334 g/mol. The standard InChI is InChI=1S/C12H10ClN3O3S2/c1-19-8-4-2-3-7-11(8)12(15-14-7)16-21(17,18)10-6-5-9(13)20-10/h2-6H,1H3,(H2,14,15,16). The van der Waals surface area contributed by atoms with E-state index in [9.17, 15) is 8.42 Å². The second-order valence-corrected chi connectivity index (χ2v) is 7.74. The number of halogens is 1. The molecule has 0 aliphatic carbocycles. The molecule has 0 fully saturated rings. The molecule has 2 N–H and O–H groups in total. The average molecular weight is 344 g/mol. The van der Waals surface area contributed by atoms with Crippen molar-refractivity contribution in [2.75, 3.05) is 11.8 Å². The molecule has 0 amide bonds. The van der Waals surface area contributed by atoms with Gasteiger partial charge in [0.05, 0.1) is 22.3 Å². The number of nitrogens with zero attached hydrogens (tertiary/aromatic N) is 1. The van der Waals surface area contributed by atoms with E-state index >= 15 is 0 Å². The predicted octanol–water partition coefficient (Wildman–Crippen LogP) is 3.09. The summed E-state index contributed by atoms with van der Waals surface area (Å²) in [6.07, 6.45) is 0. The summed E-state index contributed by atoms with van der Waals surface area (Å²) in [5, 5.41) is 7.34. The highest BCUT2D eigenvalue weighted by atomic mass is 35.5. The molecular formula is C12H10ClN3O3S2. The van der Waals surface area contributed by atoms with Crippen LogP contribution in [0.4, 0.5) is 5.82 Å². The maximum absolute atomic E-state index is 12.3. The molecule has 2 heterocycles. The number of hydrogen-bond acceptors (Lipinski definition) is 5.